The summed E-state index contributed by atoms with van der Waals surface area (Å²) in [5.74, 6) is -1.24. The molecule has 0 aromatic heterocycles. The summed E-state index contributed by atoms with van der Waals surface area (Å²) in [6.45, 7) is 7.40. The maximum absolute atomic E-state index is 13.2. The number of halogens is 2. The van der Waals surface area contributed by atoms with Gasteiger partial charge in [-0.2, -0.15) is 0 Å². The quantitative estimate of drug-likeness (QED) is 0.854. The van der Waals surface area contributed by atoms with Crippen molar-refractivity contribution in [2.45, 2.75) is 44.9 Å². The van der Waals surface area contributed by atoms with Crippen molar-refractivity contribution in [3.8, 4) is 0 Å². The van der Waals surface area contributed by atoms with E-state index in [1.54, 1.807) is 0 Å². The van der Waals surface area contributed by atoms with Crippen molar-refractivity contribution in [1.29, 1.82) is 0 Å². The molecule has 0 bridgehead atoms. The minimum atomic E-state index is -1.28. The average molecular weight is 275 g/mol. The van der Waals surface area contributed by atoms with Gasteiger partial charge in [-0.1, -0.05) is 6.92 Å². The molecule has 0 heterocycles. The number of benzene rings is 1. The lowest BCUT2D eigenvalue weighted by Gasteiger charge is -2.27. The van der Waals surface area contributed by atoms with Gasteiger partial charge in [-0.3, -0.25) is 0 Å². The van der Waals surface area contributed by atoms with E-state index in [4.69, 9.17) is 0 Å². The highest BCUT2D eigenvalue weighted by molar-refractivity contribution is 7.90. The molecule has 0 spiro atoms. The Morgan fingerprint density at radius 3 is 2.11 bits per heavy atom. The SMILES string of the molecule is CC[C@@H](N[S@+]([O-])C(C)(C)C)c1cc(F)cc(F)c1. The van der Waals surface area contributed by atoms with Gasteiger partial charge in [-0.05, 0) is 44.9 Å². The molecule has 1 N–H and O–H groups in total. The van der Waals surface area contributed by atoms with E-state index in [-0.39, 0.29) is 6.04 Å². The minimum Gasteiger partial charge on any atom is -0.598 e. The molecule has 2 nitrogen and oxygen atoms in total. The predicted octanol–water partition coefficient (Wildman–Crippen LogP) is 3.47. The molecule has 0 unspecified atom stereocenters. The first kappa shape index (κ1) is 15.4. The molecule has 0 aliphatic rings. The second-order valence-corrected chi connectivity index (χ2v) is 7.16. The highest BCUT2D eigenvalue weighted by Crippen LogP contribution is 2.23. The molecule has 0 radical (unpaired) electrons. The zero-order valence-corrected chi connectivity index (χ0v) is 11.9. The summed E-state index contributed by atoms with van der Waals surface area (Å²) in [6.07, 6.45) is 0.602. The lowest BCUT2D eigenvalue weighted by molar-refractivity contribution is 0.513. The van der Waals surface area contributed by atoms with Crippen molar-refractivity contribution in [2.24, 2.45) is 0 Å². The van der Waals surface area contributed by atoms with Gasteiger partial charge in [-0.15, -0.1) is 4.72 Å². The Kier molecular flexibility index (Phi) is 5.13. The fraction of sp³-hybridized carbons (Fsp3) is 0.538. The topological polar surface area (TPSA) is 35.1 Å². The monoisotopic (exact) mass is 275 g/mol. The van der Waals surface area contributed by atoms with Crippen LogP contribution in [0.1, 0.15) is 45.7 Å². The Morgan fingerprint density at radius 2 is 1.72 bits per heavy atom. The van der Waals surface area contributed by atoms with Gasteiger partial charge in [0.15, 0.2) is 0 Å². The third-order valence-corrected chi connectivity index (χ3v) is 4.11. The van der Waals surface area contributed by atoms with Crippen molar-refractivity contribution in [2.75, 3.05) is 0 Å². The summed E-state index contributed by atoms with van der Waals surface area (Å²) in [4.78, 5) is 0. The van der Waals surface area contributed by atoms with E-state index in [1.165, 1.54) is 12.1 Å². The second-order valence-electron chi connectivity index (χ2n) is 5.16. The molecule has 0 fully saturated rings. The zero-order valence-electron chi connectivity index (χ0n) is 11.1. The molecule has 102 valence electrons. The summed E-state index contributed by atoms with van der Waals surface area (Å²) in [7, 11) is 0. The van der Waals surface area contributed by atoms with Crippen LogP contribution in [0, 0.1) is 11.6 Å². The van der Waals surface area contributed by atoms with Crippen LogP contribution in [0.3, 0.4) is 0 Å². The van der Waals surface area contributed by atoms with Crippen LogP contribution in [0.15, 0.2) is 18.2 Å². The molecule has 1 rings (SSSR count). The maximum atomic E-state index is 13.2. The van der Waals surface area contributed by atoms with Crippen molar-refractivity contribution in [3.63, 3.8) is 0 Å². The molecule has 1 aromatic carbocycles. The minimum absolute atomic E-state index is 0.324. The summed E-state index contributed by atoms with van der Waals surface area (Å²) in [6, 6.07) is 3.04. The first-order valence-corrected chi connectivity index (χ1v) is 7.03. The normalized spacial score (nSPS) is 15.5. The first-order chi connectivity index (χ1) is 8.24. The van der Waals surface area contributed by atoms with Crippen LogP contribution in [0.2, 0.25) is 0 Å². The Hall–Kier alpha value is -0.650. The van der Waals surface area contributed by atoms with Gasteiger partial charge in [0.25, 0.3) is 0 Å². The first-order valence-electron chi connectivity index (χ1n) is 5.88. The lowest BCUT2D eigenvalue weighted by atomic mass is 10.1. The van der Waals surface area contributed by atoms with Crippen LogP contribution in [-0.2, 0) is 11.4 Å². The van der Waals surface area contributed by atoms with E-state index in [0.29, 0.717) is 12.0 Å². The van der Waals surface area contributed by atoms with Gasteiger partial charge in [0.05, 0.1) is 6.04 Å². The van der Waals surface area contributed by atoms with Crippen molar-refractivity contribution >= 4 is 11.4 Å². The van der Waals surface area contributed by atoms with E-state index in [1.807, 2.05) is 27.7 Å². The molecule has 18 heavy (non-hydrogen) atoms. The van der Waals surface area contributed by atoms with Crippen LogP contribution < -0.4 is 4.72 Å². The van der Waals surface area contributed by atoms with E-state index in [2.05, 4.69) is 4.72 Å². The van der Waals surface area contributed by atoms with E-state index < -0.39 is 27.7 Å². The molecule has 0 aliphatic heterocycles. The highest BCUT2D eigenvalue weighted by atomic mass is 32.2. The number of hydrogen-bond donors (Lipinski definition) is 1. The van der Waals surface area contributed by atoms with Crippen molar-refractivity contribution in [1.82, 2.24) is 4.72 Å². The third kappa shape index (κ3) is 4.23. The maximum Gasteiger partial charge on any atom is 0.136 e. The van der Waals surface area contributed by atoms with Gasteiger partial charge >= 0.3 is 0 Å². The fourth-order valence-electron chi connectivity index (χ4n) is 1.47. The Morgan fingerprint density at radius 1 is 1.22 bits per heavy atom. The highest BCUT2D eigenvalue weighted by Gasteiger charge is 2.29. The number of rotatable bonds is 4. The van der Waals surface area contributed by atoms with Crippen LogP contribution in [-0.4, -0.2) is 9.30 Å². The molecular weight excluding hydrogens is 256 g/mol. The average Bonchev–Trinajstić information content (AvgIpc) is 2.22. The second kappa shape index (κ2) is 5.99. The standard InChI is InChI=1S/C13H19F2NOS/c1-5-12(16-18(17)13(2,3)4)9-6-10(14)8-11(15)7-9/h6-8,12,16H,5H2,1-4H3/t12-,18-/m1/s1. The van der Waals surface area contributed by atoms with Gasteiger partial charge in [-0.25, -0.2) is 8.78 Å². The van der Waals surface area contributed by atoms with Gasteiger partial charge in [0, 0.05) is 17.4 Å². The lowest BCUT2D eigenvalue weighted by Crippen LogP contribution is -2.41. The summed E-state index contributed by atoms with van der Waals surface area (Å²) in [5, 5.41) is 0. The molecule has 5 heteroatoms. The van der Waals surface area contributed by atoms with Crippen LogP contribution in [0.4, 0.5) is 8.78 Å². The number of nitrogens with one attached hydrogen (secondary N) is 1. The molecule has 0 aliphatic carbocycles. The summed E-state index contributed by atoms with van der Waals surface area (Å²) in [5.41, 5.74) is 0.479. The molecular formula is C13H19F2NOS. The van der Waals surface area contributed by atoms with Gasteiger partial charge < -0.3 is 4.55 Å². The van der Waals surface area contributed by atoms with Crippen LogP contribution >= 0.6 is 0 Å². The third-order valence-electron chi connectivity index (χ3n) is 2.50. The van der Waals surface area contributed by atoms with E-state index in [0.717, 1.165) is 6.07 Å². The van der Waals surface area contributed by atoms with Gasteiger partial charge in [0.1, 0.15) is 16.4 Å². The molecule has 0 saturated carbocycles. The van der Waals surface area contributed by atoms with E-state index >= 15 is 0 Å². The fourth-order valence-corrected chi connectivity index (χ4v) is 2.38. The van der Waals surface area contributed by atoms with Crippen LogP contribution in [0.5, 0.6) is 0 Å². The Bertz CT molecular complexity index is 386. The predicted molar refractivity (Wildman–Crippen MR) is 70.4 cm³/mol. The summed E-state index contributed by atoms with van der Waals surface area (Å²) >= 11 is -1.28. The number of hydrogen-bond acceptors (Lipinski definition) is 2. The van der Waals surface area contributed by atoms with E-state index in [9.17, 15) is 13.3 Å². The molecule has 1 aromatic rings. The summed E-state index contributed by atoms with van der Waals surface area (Å²) < 4.78 is 40.8. The van der Waals surface area contributed by atoms with Crippen molar-refractivity contribution < 1.29 is 13.3 Å². The largest absolute Gasteiger partial charge is 0.598 e. The molecule has 0 amide bonds. The van der Waals surface area contributed by atoms with Gasteiger partial charge in [0.2, 0.25) is 0 Å². The zero-order chi connectivity index (χ0) is 13.9. The Balaban J connectivity index is 2.89. The molecule has 2 atom stereocenters. The van der Waals surface area contributed by atoms with Crippen LogP contribution in [0.25, 0.3) is 0 Å². The van der Waals surface area contributed by atoms with Crippen molar-refractivity contribution in [3.05, 3.63) is 35.4 Å². The smallest absolute Gasteiger partial charge is 0.136 e. The Labute approximate surface area is 110 Å². The molecule has 0 saturated heterocycles.